The van der Waals surface area contributed by atoms with E-state index in [4.69, 9.17) is 0 Å². The first-order chi connectivity index (χ1) is 10.6. The number of phenolic OH excluding ortho intramolecular Hbond substituents is 2. The molecule has 0 aromatic heterocycles. The molecule has 0 aliphatic heterocycles. The molecule has 23 heavy (non-hydrogen) atoms. The van der Waals surface area contributed by atoms with Gasteiger partial charge in [0.1, 0.15) is 23.6 Å². The summed E-state index contributed by atoms with van der Waals surface area (Å²) in [7, 11) is 0. The Balaban J connectivity index is 2.79. The van der Waals surface area contributed by atoms with Gasteiger partial charge in [0.15, 0.2) is 0 Å². The zero-order chi connectivity index (χ0) is 17.4. The summed E-state index contributed by atoms with van der Waals surface area (Å²) in [5.74, 6) is -0.693. The van der Waals surface area contributed by atoms with Crippen LogP contribution in [0.2, 0.25) is 0 Å². The molecule has 2 rings (SSSR count). The van der Waals surface area contributed by atoms with Crippen LogP contribution in [-0.4, -0.2) is 23.1 Å². The second-order valence-corrected chi connectivity index (χ2v) is 5.54. The van der Waals surface area contributed by atoms with Crippen molar-refractivity contribution in [3.05, 3.63) is 58.7 Å². The fraction of sp³-hybridized carbons (Fsp3) is 0.294. The maximum Gasteiger partial charge on any atom is 0.404 e. The third-order valence-electron chi connectivity index (χ3n) is 4.09. The van der Waals surface area contributed by atoms with Crippen LogP contribution in [0.25, 0.3) is 0 Å². The molecule has 0 atom stereocenters. The van der Waals surface area contributed by atoms with E-state index in [2.05, 4.69) is 0 Å². The zero-order valence-electron chi connectivity index (χ0n) is 12.6. The number of aromatic hydroxyl groups is 2. The average Bonchev–Trinajstić information content (AvgIpc) is 2.46. The number of aryl methyl sites for hydroxylation is 2. The predicted molar refractivity (Wildman–Crippen MR) is 78.5 cm³/mol. The fourth-order valence-corrected chi connectivity index (χ4v) is 2.47. The minimum atomic E-state index is -4.95. The molecule has 0 saturated heterocycles. The highest BCUT2D eigenvalue weighted by Gasteiger charge is 2.57. The molecule has 0 heterocycles. The third kappa shape index (κ3) is 2.73. The topological polar surface area (TPSA) is 40.5 Å². The van der Waals surface area contributed by atoms with E-state index < -0.39 is 29.4 Å². The van der Waals surface area contributed by atoms with Crippen LogP contribution < -0.4 is 0 Å². The summed E-state index contributed by atoms with van der Waals surface area (Å²) < 4.78 is 55.2. The number of benzene rings is 2. The van der Waals surface area contributed by atoms with Crippen molar-refractivity contribution in [1.29, 1.82) is 0 Å². The molecule has 2 nitrogen and oxygen atoms in total. The lowest BCUT2D eigenvalue weighted by Crippen LogP contribution is -2.45. The van der Waals surface area contributed by atoms with Gasteiger partial charge in [-0.05, 0) is 48.2 Å². The summed E-state index contributed by atoms with van der Waals surface area (Å²) in [6.07, 6.45) is -4.95. The summed E-state index contributed by atoms with van der Waals surface area (Å²) >= 11 is 0. The Hall–Kier alpha value is -2.24. The SMILES string of the molecule is Cc1ccc(C(CF)(c2ccc(C)c(O)c2)C(F)(F)F)cc1O. The Kier molecular flexibility index (Phi) is 4.28. The third-order valence-corrected chi connectivity index (χ3v) is 4.09. The Bertz CT molecular complexity index is 672. The fourth-order valence-electron chi connectivity index (χ4n) is 2.47. The van der Waals surface area contributed by atoms with Crippen LogP contribution in [0.15, 0.2) is 36.4 Å². The van der Waals surface area contributed by atoms with Crippen molar-refractivity contribution in [3.8, 4) is 11.5 Å². The quantitative estimate of drug-likeness (QED) is 0.813. The number of alkyl halides is 4. The van der Waals surface area contributed by atoms with Crippen LogP contribution in [0.3, 0.4) is 0 Å². The highest BCUT2D eigenvalue weighted by molar-refractivity contribution is 5.49. The van der Waals surface area contributed by atoms with Crippen molar-refractivity contribution in [2.24, 2.45) is 0 Å². The number of halogens is 4. The van der Waals surface area contributed by atoms with Crippen molar-refractivity contribution >= 4 is 0 Å². The van der Waals surface area contributed by atoms with E-state index in [1.165, 1.54) is 26.0 Å². The molecule has 2 N–H and O–H groups in total. The first kappa shape index (κ1) is 17.1. The van der Waals surface area contributed by atoms with Crippen molar-refractivity contribution in [3.63, 3.8) is 0 Å². The second kappa shape index (κ2) is 5.76. The standard InChI is InChI=1S/C17H16F4O2/c1-10-3-5-12(7-14(10)22)16(9-18,17(19,20)21)13-6-4-11(2)15(23)8-13/h3-8,22-23H,9H2,1-2H3. The molecule has 0 radical (unpaired) electrons. The summed E-state index contributed by atoms with van der Waals surface area (Å²) in [6, 6.07) is 6.71. The van der Waals surface area contributed by atoms with E-state index in [0.29, 0.717) is 11.1 Å². The van der Waals surface area contributed by atoms with Crippen LogP contribution in [0.5, 0.6) is 11.5 Å². The van der Waals surface area contributed by atoms with Gasteiger partial charge in [-0.15, -0.1) is 0 Å². The van der Waals surface area contributed by atoms with Crippen LogP contribution >= 0.6 is 0 Å². The lowest BCUT2D eigenvalue weighted by molar-refractivity contribution is -0.182. The second-order valence-electron chi connectivity index (χ2n) is 5.54. The molecule has 0 aliphatic carbocycles. The van der Waals surface area contributed by atoms with Crippen LogP contribution in [0.1, 0.15) is 22.3 Å². The van der Waals surface area contributed by atoms with Crippen LogP contribution in [0, 0.1) is 13.8 Å². The minimum absolute atomic E-state index is 0.346. The van der Waals surface area contributed by atoms with Crippen LogP contribution in [0.4, 0.5) is 17.6 Å². The summed E-state index contributed by atoms with van der Waals surface area (Å²) in [4.78, 5) is 0. The van der Waals surface area contributed by atoms with Gasteiger partial charge in [-0.1, -0.05) is 24.3 Å². The highest BCUT2D eigenvalue weighted by Crippen LogP contribution is 2.48. The maximum absolute atomic E-state index is 13.8. The number of rotatable bonds is 3. The van der Waals surface area contributed by atoms with E-state index in [1.54, 1.807) is 0 Å². The van der Waals surface area contributed by atoms with Gasteiger partial charge in [-0.3, -0.25) is 0 Å². The average molecular weight is 328 g/mol. The van der Waals surface area contributed by atoms with E-state index >= 15 is 0 Å². The van der Waals surface area contributed by atoms with Gasteiger partial charge >= 0.3 is 6.18 Å². The first-order valence-corrected chi connectivity index (χ1v) is 6.86. The maximum atomic E-state index is 13.8. The van der Waals surface area contributed by atoms with E-state index in [1.807, 2.05) is 0 Å². The van der Waals surface area contributed by atoms with Gasteiger partial charge in [-0.2, -0.15) is 13.2 Å². The Morgan fingerprint density at radius 1 is 0.826 bits per heavy atom. The van der Waals surface area contributed by atoms with Gasteiger partial charge in [-0.25, -0.2) is 4.39 Å². The number of hydrogen-bond donors (Lipinski definition) is 2. The zero-order valence-corrected chi connectivity index (χ0v) is 12.6. The monoisotopic (exact) mass is 328 g/mol. The smallest absolute Gasteiger partial charge is 0.404 e. The molecular weight excluding hydrogens is 312 g/mol. The first-order valence-electron chi connectivity index (χ1n) is 6.86. The summed E-state index contributed by atoms with van der Waals surface area (Å²) in [5.41, 5.74) is -3.02. The van der Waals surface area contributed by atoms with Gasteiger partial charge in [0.2, 0.25) is 0 Å². The lowest BCUT2D eigenvalue weighted by Gasteiger charge is -2.34. The molecule has 0 fully saturated rings. The highest BCUT2D eigenvalue weighted by atomic mass is 19.4. The summed E-state index contributed by atoms with van der Waals surface area (Å²) in [6.45, 7) is 1.31. The Labute approximate surface area is 131 Å². The molecule has 0 amide bonds. The molecule has 6 heteroatoms. The molecule has 2 aromatic rings. The van der Waals surface area contributed by atoms with Crippen molar-refractivity contribution in [2.45, 2.75) is 25.4 Å². The van der Waals surface area contributed by atoms with E-state index in [-0.39, 0.29) is 11.5 Å². The predicted octanol–water partition coefficient (Wildman–Crippen LogP) is 4.53. The molecule has 124 valence electrons. The molecule has 0 bridgehead atoms. The molecule has 0 aliphatic rings. The molecule has 0 saturated carbocycles. The van der Waals surface area contributed by atoms with Gasteiger partial charge in [0.05, 0.1) is 0 Å². The van der Waals surface area contributed by atoms with Crippen molar-refractivity contribution in [2.75, 3.05) is 6.67 Å². The largest absolute Gasteiger partial charge is 0.508 e. The summed E-state index contributed by atoms with van der Waals surface area (Å²) in [5, 5.41) is 19.5. The van der Waals surface area contributed by atoms with Crippen molar-refractivity contribution < 1.29 is 27.8 Å². The Morgan fingerprint density at radius 2 is 1.22 bits per heavy atom. The molecule has 0 unspecified atom stereocenters. The Morgan fingerprint density at radius 3 is 1.48 bits per heavy atom. The van der Waals surface area contributed by atoms with Gasteiger partial charge < -0.3 is 10.2 Å². The van der Waals surface area contributed by atoms with Crippen LogP contribution in [-0.2, 0) is 5.41 Å². The number of phenols is 2. The molecular formula is C17H16F4O2. The van der Waals surface area contributed by atoms with Gasteiger partial charge in [0, 0.05) is 0 Å². The minimum Gasteiger partial charge on any atom is -0.508 e. The molecule has 0 spiro atoms. The lowest BCUT2D eigenvalue weighted by atomic mass is 9.74. The van der Waals surface area contributed by atoms with E-state index in [0.717, 1.165) is 24.3 Å². The number of hydrogen-bond acceptors (Lipinski definition) is 2. The molecule has 2 aromatic carbocycles. The van der Waals surface area contributed by atoms with Gasteiger partial charge in [0.25, 0.3) is 0 Å². The van der Waals surface area contributed by atoms with Crippen molar-refractivity contribution in [1.82, 2.24) is 0 Å². The normalized spacial score (nSPS) is 12.4. The van der Waals surface area contributed by atoms with E-state index in [9.17, 15) is 27.8 Å².